The predicted molar refractivity (Wildman–Crippen MR) is 91.8 cm³/mol. The van der Waals surface area contributed by atoms with Crippen LogP contribution in [0.5, 0.6) is 11.6 Å². The highest BCUT2D eigenvalue weighted by molar-refractivity contribution is 5.61. The maximum absolute atomic E-state index is 13.1. The van der Waals surface area contributed by atoms with Gasteiger partial charge in [0.1, 0.15) is 17.3 Å². The molecule has 3 rings (SSSR count). The number of ether oxygens (including phenoxy) is 2. The SMILES string of the molecule is COc1cccc(C)c1-n1c(C)nnc1-c1cccc(OC(C)F)n1. The number of hydrogen-bond acceptors (Lipinski definition) is 5. The average molecular weight is 342 g/mol. The van der Waals surface area contributed by atoms with Crippen LogP contribution in [0, 0.1) is 13.8 Å². The Balaban J connectivity index is 2.16. The lowest BCUT2D eigenvalue weighted by Crippen LogP contribution is -2.07. The van der Waals surface area contributed by atoms with E-state index in [1.165, 1.54) is 6.92 Å². The lowest BCUT2D eigenvalue weighted by Gasteiger charge is -2.15. The molecule has 0 saturated carbocycles. The molecule has 0 saturated heterocycles. The van der Waals surface area contributed by atoms with Crippen LogP contribution in [0.2, 0.25) is 0 Å². The zero-order valence-electron chi connectivity index (χ0n) is 14.5. The van der Waals surface area contributed by atoms with Crippen molar-refractivity contribution < 1.29 is 13.9 Å². The molecule has 7 heteroatoms. The van der Waals surface area contributed by atoms with Crippen LogP contribution in [-0.4, -0.2) is 33.2 Å². The van der Waals surface area contributed by atoms with Crippen molar-refractivity contribution in [1.29, 1.82) is 0 Å². The smallest absolute Gasteiger partial charge is 0.237 e. The number of aryl methyl sites for hydroxylation is 2. The summed E-state index contributed by atoms with van der Waals surface area (Å²) in [7, 11) is 1.62. The van der Waals surface area contributed by atoms with Crippen molar-refractivity contribution in [1.82, 2.24) is 19.7 Å². The van der Waals surface area contributed by atoms with Crippen molar-refractivity contribution in [2.24, 2.45) is 0 Å². The topological polar surface area (TPSA) is 62.1 Å². The number of nitrogens with zero attached hydrogens (tertiary/aromatic N) is 4. The average Bonchev–Trinajstić information content (AvgIpc) is 2.95. The van der Waals surface area contributed by atoms with Crippen LogP contribution in [0.15, 0.2) is 36.4 Å². The molecule has 1 atom stereocenters. The first kappa shape index (κ1) is 16.9. The number of methoxy groups -OCH3 is 1. The third-order valence-electron chi connectivity index (χ3n) is 3.70. The van der Waals surface area contributed by atoms with E-state index in [4.69, 9.17) is 9.47 Å². The molecule has 3 aromatic rings. The first-order valence-electron chi connectivity index (χ1n) is 7.85. The molecule has 0 bridgehead atoms. The van der Waals surface area contributed by atoms with Gasteiger partial charge < -0.3 is 9.47 Å². The predicted octanol–water partition coefficient (Wildman–Crippen LogP) is 3.65. The summed E-state index contributed by atoms with van der Waals surface area (Å²) in [6.45, 7) is 5.14. The summed E-state index contributed by atoms with van der Waals surface area (Å²) in [5, 5.41) is 8.42. The first-order valence-corrected chi connectivity index (χ1v) is 7.85. The Labute approximate surface area is 145 Å². The molecule has 0 radical (unpaired) electrons. The van der Waals surface area contributed by atoms with Crippen molar-refractivity contribution >= 4 is 0 Å². The highest BCUT2D eigenvalue weighted by Crippen LogP contribution is 2.31. The Morgan fingerprint density at radius 1 is 1.08 bits per heavy atom. The highest BCUT2D eigenvalue weighted by atomic mass is 19.1. The van der Waals surface area contributed by atoms with Gasteiger partial charge in [0.2, 0.25) is 12.2 Å². The molecule has 0 aliphatic carbocycles. The first-order chi connectivity index (χ1) is 12.0. The monoisotopic (exact) mass is 342 g/mol. The quantitative estimate of drug-likeness (QED) is 0.708. The second-order valence-electron chi connectivity index (χ2n) is 5.55. The zero-order valence-corrected chi connectivity index (χ0v) is 14.5. The molecule has 1 aromatic carbocycles. The highest BCUT2D eigenvalue weighted by Gasteiger charge is 2.19. The Kier molecular flexibility index (Phi) is 4.65. The van der Waals surface area contributed by atoms with Gasteiger partial charge in [-0.1, -0.05) is 18.2 Å². The summed E-state index contributed by atoms with van der Waals surface area (Å²) in [6.07, 6.45) is -1.45. The van der Waals surface area contributed by atoms with Gasteiger partial charge in [-0.3, -0.25) is 4.57 Å². The van der Waals surface area contributed by atoms with Crippen molar-refractivity contribution in [3.05, 3.63) is 47.8 Å². The third-order valence-corrected chi connectivity index (χ3v) is 3.70. The molecule has 130 valence electrons. The maximum Gasteiger partial charge on any atom is 0.237 e. The second kappa shape index (κ2) is 6.88. The van der Waals surface area contributed by atoms with Crippen LogP contribution in [0.4, 0.5) is 4.39 Å². The van der Waals surface area contributed by atoms with Crippen LogP contribution in [0.25, 0.3) is 17.2 Å². The Morgan fingerprint density at radius 2 is 1.84 bits per heavy atom. The molecular formula is C18H19FN4O2. The van der Waals surface area contributed by atoms with Crippen molar-refractivity contribution in [2.45, 2.75) is 27.1 Å². The number of benzene rings is 1. The van der Waals surface area contributed by atoms with Gasteiger partial charge in [-0.05, 0) is 31.5 Å². The minimum Gasteiger partial charge on any atom is -0.495 e. The normalized spacial score (nSPS) is 12.0. The third kappa shape index (κ3) is 3.31. The van der Waals surface area contributed by atoms with Crippen molar-refractivity contribution in [2.75, 3.05) is 7.11 Å². The number of para-hydroxylation sites is 1. The van der Waals surface area contributed by atoms with E-state index in [0.29, 0.717) is 23.1 Å². The summed E-state index contributed by atoms with van der Waals surface area (Å²) < 4.78 is 25.5. The van der Waals surface area contributed by atoms with E-state index in [1.54, 1.807) is 25.3 Å². The maximum atomic E-state index is 13.1. The summed E-state index contributed by atoms with van der Waals surface area (Å²) in [5.74, 6) is 2.11. The molecule has 6 nitrogen and oxygen atoms in total. The summed E-state index contributed by atoms with van der Waals surface area (Å²) >= 11 is 0. The molecule has 0 amide bonds. The van der Waals surface area contributed by atoms with Gasteiger partial charge in [0.25, 0.3) is 0 Å². The molecule has 1 unspecified atom stereocenters. The second-order valence-corrected chi connectivity index (χ2v) is 5.55. The number of aromatic nitrogens is 4. The van der Waals surface area contributed by atoms with Gasteiger partial charge in [0, 0.05) is 13.0 Å². The molecular weight excluding hydrogens is 323 g/mol. The lowest BCUT2D eigenvalue weighted by molar-refractivity contribution is 0.0811. The minimum absolute atomic E-state index is 0.191. The van der Waals surface area contributed by atoms with Gasteiger partial charge >= 0.3 is 0 Å². The van der Waals surface area contributed by atoms with Crippen molar-refractivity contribution in [3.8, 4) is 28.8 Å². The number of halogens is 1. The fraction of sp³-hybridized carbons (Fsp3) is 0.278. The number of alkyl halides is 1. The minimum atomic E-state index is -1.45. The molecule has 2 aromatic heterocycles. The summed E-state index contributed by atoms with van der Waals surface area (Å²) in [4.78, 5) is 4.34. The van der Waals surface area contributed by atoms with E-state index in [2.05, 4.69) is 15.2 Å². The van der Waals surface area contributed by atoms with E-state index in [-0.39, 0.29) is 5.88 Å². The van der Waals surface area contributed by atoms with Gasteiger partial charge in [0.05, 0.1) is 12.8 Å². The van der Waals surface area contributed by atoms with Gasteiger partial charge in [-0.2, -0.15) is 0 Å². The van der Waals surface area contributed by atoms with Gasteiger partial charge in [-0.15, -0.1) is 10.2 Å². The Bertz CT molecular complexity index is 893. The molecule has 25 heavy (non-hydrogen) atoms. The lowest BCUT2D eigenvalue weighted by atomic mass is 10.1. The van der Waals surface area contributed by atoms with Crippen LogP contribution in [-0.2, 0) is 0 Å². The van der Waals surface area contributed by atoms with E-state index < -0.39 is 6.36 Å². The van der Waals surface area contributed by atoms with E-state index in [1.807, 2.05) is 36.6 Å². The molecule has 0 N–H and O–H groups in total. The van der Waals surface area contributed by atoms with Crippen LogP contribution < -0.4 is 9.47 Å². The van der Waals surface area contributed by atoms with Gasteiger partial charge in [0.15, 0.2) is 5.82 Å². The molecule has 2 heterocycles. The summed E-state index contributed by atoms with van der Waals surface area (Å²) in [6, 6.07) is 10.9. The van der Waals surface area contributed by atoms with Crippen LogP contribution in [0.3, 0.4) is 0 Å². The molecule has 0 fully saturated rings. The molecule has 0 aliphatic rings. The summed E-state index contributed by atoms with van der Waals surface area (Å²) in [5.41, 5.74) is 2.38. The number of hydrogen-bond donors (Lipinski definition) is 0. The zero-order chi connectivity index (χ0) is 18.0. The Morgan fingerprint density at radius 3 is 2.56 bits per heavy atom. The molecule has 0 aliphatic heterocycles. The standard InChI is InChI=1S/C18H19FN4O2/c1-11-7-5-9-15(24-4)17(11)23-13(3)21-22-18(23)14-8-6-10-16(20-14)25-12(2)19/h5-10,12H,1-4H3. The fourth-order valence-electron chi connectivity index (χ4n) is 2.65. The Hall–Kier alpha value is -2.96. The molecule has 0 spiro atoms. The fourth-order valence-corrected chi connectivity index (χ4v) is 2.65. The van der Waals surface area contributed by atoms with Crippen LogP contribution in [0.1, 0.15) is 18.3 Å². The number of pyridine rings is 1. The van der Waals surface area contributed by atoms with E-state index in [0.717, 1.165) is 11.3 Å². The largest absolute Gasteiger partial charge is 0.495 e. The number of rotatable bonds is 5. The van der Waals surface area contributed by atoms with Crippen molar-refractivity contribution in [3.63, 3.8) is 0 Å². The van der Waals surface area contributed by atoms with Gasteiger partial charge in [-0.25, -0.2) is 9.37 Å². The van der Waals surface area contributed by atoms with Crippen LogP contribution >= 0.6 is 0 Å². The van der Waals surface area contributed by atoms with E-state index in [9.17, 15) is 4.39 Å². The van der Waals surface area contributed by atoms with E-state index >= 15 is 0 Å².